The first-order chi connectivity index (χ1) is 9.40. The molecule has 0 aliphatic carbocycles. The standard InChI is InChI=1S/C17H28N2S/c1-13(2)11-19(12-14(3)4)16(10-17(18)20)15-8-6-5-7-9-15/h5-9,13-14,16H,10-12H2,1-4H3,(H2,18,20). The summed E-state index contributed by atoms with van der Waals surface area (Å²) in [5.41, 5.74) is 7.14. The molecule has 0 saturated heterocycles. The lowest BCUT2D eigenvalue weighted by molar-refractivity contribution is 0.160. The van der Waals surface area contributed by atoms with Gasteiger partial charge in [-0.15, -0.1) is 0 Å². The summed E-state index contributed by atoms with van der Waals surface area (Å²) in [6, 6.07) is 10.9. The Balaban J connectivity index is 3.00. The molecule has 112 valence electrons. The van der Waals surface area contributed by atoms with Gasteiger partial charge >= 0.3 is 0 Å². The number of hydrogen-bond acceptors (Lipinski definition) is 2. The van der Waals surface area contributed by atoms with Gasteiger partial charge in [-0.2, -0.15) is 0 Å². The Morgan fingerprint density at radius 3 is 1.95 bits per heavy atom. The third kappa shape index (κ3) is 6.02. The van der Waals surface area contributed by atoms with Crippen LogP contribution in [-0.2, 0) is 0 Å². The zero-order valence-corrected chi connectivity index (χ0v) is 14.0. The molecule has 0 saturated carbocycles. The van der Waals surface area contributed by atoms with E-state index in [2.05, 4.69) is 62.9 Å². The predicted octanol–water partition coefficient (Wildman–Crippen LogP) is 4.02. The summed E-state index contributed by atoms with van der Waals surface area (Å²) < 4.78 is 0. The molecule has 1 aromatic carbocycles. The Morgan fingerprint density at radius 1 is 1.05 bits per heavy atom. The largest absolute Gasteiger partial charge is 0.393 e. The van der Waals surface area contributed by atoms with E-state index in [4.69, 9.17) is 18.0 Å². The average molecular weight is 292 g/mol. The molecule has 0 aliphatic heterocycles. The maximum Gasteiger partial charge on any atom is 0.0746 e. The molecule has 1 atom stereocenters. The Bertz CT molecular complexity index is 391. The molecule has 0 aliphatic rings. The van der Waals surface area contributed by atoms with Crippen molar-refractivity contribution >= 4 is 17.2 Å². The SMILES string of the molecule is CC(C)CN(CC(C)C)C(CC(N)=S)c1ccccc1. The van der Waals surface area contributed by atoms with Gasteiger partial charge in [0.25, 0.3) is 0 Å². The summed E-state index contributed by atoms with van der Waals surface area (Å²) in [4.78, 5) is 3.13. The van der Waals surface area contributed by atoms with E-state index in [0.29, 0.717) is 22.9 Å². The number of nitrogens with zero attached hydrogens (tertiary/aromatic N) is 1. The molecule has 0 aromatic heterocycles. The van der Waals surface area contributed by atoms with E-state index in [1.165, 1.54) is 5.56 Å². The lowest BCUT2D eigenvalue weighted by Gasteiger charge is -2.34. The highest BCUT2D eigenvalue weighted by Crippen LogP contribution is 2.26. The van der Waals surface area contributed by atoms with Crippen molar-refractivity contribution in [3.05, 3.63) is 35.9 Å². The Labute approximate surface area is 129 Å². The lowest BCUT2D eigenvalue weighted by atomic mass is 9.99. The van der Waals surface area contributed by atoms with Gasteiger partial charge in [-0.1, -0.05) is 70.2 Å². The summed E-state index contributed by atoms with van der Waals surface area (Å²) in [7, 11) is 0. The highest BCUT2D eigenvalue weighted by Gasteiger charge is 2.22. The van der Waals surface area contributed by atoms with E-state index in [1.807, 2.05) is 0 Å². The van der Waals surface area contributed by atoms with Gasteiger partial charge in [0, 0.05) is 25.6 Å². The van der Waals surface area contributed by atoms with Crippen LogP contribution in [0.15, 0.2) is 30.3 Å². The van der Waals surface area contributed by atoms with Crippen LogP contribution in [0.4, 0.5) is 0 Å². The quantitative estimate of drug-likeness (QED) is 0.734. The summed E-state index contributed by atoms with van der Waals surface area (Å²) in [5.74, 6) is 1.26. The average Bonchev–Trinajstić information content (AvgIpc) is 2.35. The Kier molecular flexibility index (Phi) is 7.17. The second-order valence-corrected chi connectivity index (χ2v) is 6.86. The zero-order chi connectivity index (χ0) is 15.1. The lowest BCUT2D eigenvalue weighted by Crippen LogP contribution is -2.37. The van der Waals surface area contributed by atoms with E-state index in [0.717, 1.165) is 19.5 Å². The van der Waals surface area contributed by atoms with Crippen molar-refractivity contribution in [3.63, 3.8) is 0 Å². The van der Waals surface area contributed by atoms with Crippen LogP contribution in [0.3, 0.4) is 0 Å². The zero-order valence-electron chi connectivity index (χ0n) is 13.2. The molecule has 2 nitrogen and oxygen atoms in total. The first-order valence-corrected chi connectivity index (χ1v) is 7.88. The van der Waals surface area contributed by atoms with Gasteiger partial charge in [0.05, 0.1) is 4.99 Å². The van der Waals surface area contributed by atoms with E-state index in [1.54, 1.807) is 0 Å². The molecule has 0 heterocycles. The van der Waals surface area contributed by atoms with E-state index in [-0.39, 0.29) is 0 Å². The van der Waals surface area contributed by atoms with Gasteiger partial charge < -0.3 is 5.73 Å². The van der Waals surface area contributed by atoms with Gasteiger partial charge in [-0.05, 0) is 17.4 Å². The van der Waals surface area contributed by atoms with Crippen LogP contribution in [0.5, 0.6) is 0 Å². The Morgan fingerprint density at radius 2 is 1.55 bits per heavy atom. The number of benzene rings is 1. The minimum Gasteiger partial charge on any atom is -0.393 e. The summed E-state index contributed by atoms with van der Waals surface area (Å²) in [5, 5.41) is 0. The Hall–Kier alpha value is -0.930. The fraction of sp³-hybridized carbons (Fsp3) is 0.588. The van der Waals surface area contributed by atoms with Gasteiger partial charge in [0.15, 0.2) is 0 Å². The van der Waals surface area contributed by atoms with Crippen molar-refractivity contribution in [1.29, 1.82) is 0 Å². The summed E-state index contributed by atoms with van der Waals surface area (Å²) >= 11 is 5.17. The van der Waals surface area contributed by atoms with Crippen molar-refractivity contribution in [1.82, 2.24) is 4.90 Å². The summed E-state index contributed by atoms with van der Waals surface area (Å²) in [6.45, 7) is 11.2. The number of thiocarbonyl (C=S) groups is 1. The maximum atomic E-state index is 5.83. The molecule has 0 bridgehead atoms. The monoisotopic (exact) mass is 292 g/mol. The molecule has 0 spiro atoms. The molecule has 1 aromatic rings. The van der Waals surface area contributed by atoms with Crippen LogP contribution in [0.1, 0.15) is 45.7 Å². The van der Waals surface area contributed by atoms with Crippen LogP contribution in [-0.4, -0.2) is 23.0 Å². The van der Waals surface area contributed by atoms with Gasteiger partial charge in [0.1, 0.15) is 0 Å². The first-order valence-electron chi connectivity index (χ1n) is 7.47. The van der Waals surface area contributed by atoms with Gasteiger partial charge in [0.2, 0.25) is 0 Å². The second-order valence-electron chi connectivity index (χ2n) is 6.34. The topological polar surface area (TPSA) is 29.3 Å². The highest BCUT2D eigenvalue weighted by atomic mass is 32.1. The molecule has 3 heteroatoms. The van der Waals surface area contributed by atoms with Crippen molar-refractivity contribution in [2.75, 3.05) is 13.1 Å². The van der Waals surface area contributed by atoms with Crippen molar-refractivity contribution in [2.45, 2.75) is 40.2 Å². The first kappa shape index (κ1) is 17.1. The summed E-state index contributed by atoms with van der Waals surface area (Å²) in [6.07, 6.45) is 0.749. The fourth-order valence-electron chi connectivity index (χ4n) is 2.59. The molecule has 0 amide bonds. The van der Waals surface area contributed by atoms with Gasteiger partial charge in [-0.3, -0.25) is 4.90 Å². The number of hydrogen-bond donors (Lipinski definition) is 1. The number of rotatable bonds is 8. The van der Waals surface area contributed by atoms with Crippen LogP contribution >= 0.6 is 12.2 Å². The van der Waals surface area contributed by atoms with Crippen LogP contribution in [0.2, 0.25) is 0 Å². The fourth-order valence-corrected chi connectivity index (χ4v) is 2.75. The minimum absolute atomic E-state index is 0.290. The molecule has 1 unspecified atom stereocenters. The predicted molar refractivity (Wildman–Crippen MR) is 91.8 cm³/mol. The highest BCUT2D eigenvalue weighted by molar-refractivity contribution is 7.80. The third-order valence-corrected chi connectivity index (χ3v) is 3.39. The van der Waals surface area contributed by atoms with Crippen molar-refractivity contribution < 1.29 is 0 Å². The second kappa shape index (κ2) is 8.38. The molecule has 20 heavy (non-hydrogen) atoms. The van der Waals surface area contributed by atoms with E-state index >= 15 is 0 Å². The molecular weight excluding hydrogens is 264 g/mol. The van der Waals surface area contributed by atoms with Crippen molar-refractivity contribution in [2.24, 2.45) is 17.6 Å². The van der Waals surface area contributed by atoms with Crippen LogP contribution < -0.4 is 5.73 Å². The molecule has 0 radical (unpaired) electrons. The smallest absolute Gasteiger partial charge is 0.0746 e. The third-order valence-electron chi connectivity index (χ3n) is 3.22. The van der Waals surface area contributed by atoms with Crippen molar-refractivity contribution in [3.8, 4) is 0 Å². The molecule has 2 N–H and O–H groups in total. The van der Waals surface area contributed by atoms with Crippen LogP contribution in [0, 0.1) is 11.8 Å². The maximum absolute atomic E-state index is 5.83. The number of nitrogens with two attached hydrogens (primary N) is 1. The molecule has 1 rings (SSSR count). The van der Waals surface area contributed by atoms with E-state index in [9.17, 15) is 0 Å². The molecular formula is C17H28N2S. The molecule has 0 fully saturated rings. The van der Waals surface area contributed by atoms with E-state index < -0.39 is 0 Å². The van der Waals surface area contributed by atoms with Gasteiger partial charge in [-0.25, -0.2) is 0 Å². The minimum atomic E-state index is 0.290. The normalized spacial score (nSPS) is 13.2. The van der Waals surface area contributed by atoms with Crippen LogP contribution in [0.25, 0.3) is 0 Å².